The molecule has 0 aromatic heterocycles. The molecule has 14 heteroatoms. The highest BCUT2D eigenvalue weighted by atomic mass is 16.7. The van der Waals surface area contributed by atoms with E-state index in [4.69, 9.17) is 28.4 Å². The number of carbonyl (C=O) groups is 3. The number of carbonyl (C=O) groups excluding carboxylic acids is 3. The molecular weight excluding hydrogens is 664 g/mol. The Labute approximate surface area is 302 Å². The van der Waals surface area contributed by atoms with Crippen molar-refractivity contribution in [1.29, 1.82) is 0 Å². The molecular formula is C37H62N2O12. The van der Waals surface area contributed by atoms with Crippen molar-refractivity contribution >= 4 is 23.6 Å². The number of fused-ring (bicyclic) bond motifs is 5. The van der Waals surface area contributed by atoms with Gasteiger partial charge in [0.15, 0.2) is 12.4 Å². The molecule has 1 amide bonds. The molecule has 3 aliphatic rings. The van der Waals surface area contributed by atoms with E-state index >= 15 is 0 Å². The Morgan fingerprint density at radius 3 is 2.29 bits per heavy atom. The maximum Gasteiger partial charge on any atom is 0.312 e. The zero-order chi connectivity index (χ0) is 38.6. The third-order valence-electron chi connectivity index (χ3n) is 10.5. The van der Waals surface area contributed by atoms with Gasteiger partial charge < -0.3 is 48.6 Å². The molecule has 0 spiro atoms. The largest absolute Gasteiger partial charge is 0.459 e. The summed E-state index contributed by atoms with van der Waals surface area (Å²) >= 11 is 0. The molecule has 3 aliphatic heterocycles. The van der Waals surface area contributed by atoms with Gasteiger partial charge in [-0.3, -0.25) is 14.4 Å². The molecule has 51 heavy (non-hydrogen) atoms. The molecule has 3 heterocycles. The summed E-state index contributed by atoms with van der Waals surface area (Å²) < 4.78 is 38.0. The molecule has 0 radical (unpaired) electrons. The number of nitrogens with zero attached hydrogens (tertiary/aromatic N) is 2. The highest BCUT2D eigenvalue weighted by Gasteiger charge is 2.52. The predicted molar refractivity (Wildman–Crippen MR) is 188 cm³/mol. The van der Waals surface area contributed by atoms with Gasteiger partial charge in [-0.05, 0) is 79.5 Å². The minimum Gasteiger partial charge on any atom is -0.459 e. The first-order valence-electron chi connectivity index (χ1n) is 18.0. The van der Waals surface area contributed by atoms with Gasteiger partial charge in [0.1, 0.15) is 23.4 Å². The van der Waals surface area contributed by atoms with Gasteiger partial charge in [0.25, 0.3) is 0 Å². The molecule has 0 aromatic carbocycles. The van der Waals surface area contributed by atoms with Crippen LogP contribution in [0, 0.1) is 17.8 Å². The summed E-state index contributed by atoms with van der Waals surface area (Å²) in [5.74, 6) is -3.63. The van der Waals surface area contributed by atoms with Crippen molar-refractivity contribution in [2.45, 2.75) is 148 Å². The van der Waals surface area contributed by atoms with Gasteiger partial charge in [-0.25, -0.2) is 4.99 Å². The van der Waals surface area contributed by atoms with Crippen molar-refractivity contribution in [3.05, 3.63) is 11.6 Å². The lowest BCUT2D eigenvalue weighted by molar-refractivity contribution is -0.291. The Bertz CT molecular complexity index is 1300. The Kier molecular flexibility index (Phi) is 14.6. The minimum atomic E-state index is -1.94. The van der Waals surface area contributed by atoms with Crippen molar-refractivity contribution in [2.24, 2.45) is 22.7 Å². The van der Waals surface area contributed by atoms with Crippen LogP contribution in [-0.4, -0.2) is 137 Å². The maximum atomic E-state index is 13.7. The highest BCUT2D eigenvalue weighted by Crippen LogP contribution is 2.40. The van der Waals surface area contributed by atoms with Crippen molar-refractivity contribution in [3.8, 4) is 0 Å². The van der Waals surface area contributed by atoms with Crippen LogP contribution in [0.2, 0.25) is 0 Å². The van der Waals surface area contributed by atoms with E-state index in [0.29, 0.717) is 17.7 Å². The third-order valence-corrected chi connectivity index (χ3v) is 10.5. The number of likely N-dealkylation sites (N-methyl/N-ethyl adjacent to an activating group) is 1. The standard InChI is InChI=1S/C37H62N2O12/c1-13-28-36(10,44)32-24(6)29(38-25(7)41)22(4)16-35(9,47-19-37(45,17-40)18-46-32)31(20(2)14-21(3)33(43)50-28)51-34-30(49-26(8)42)27(39(11)12)15-23(5)48-34/h14,21-24,27-28,30-32,34,40,44-45H,13,15-19H2,1-12H3/b20-14-,38-29?/t21?,22-,23-,24+,27+,28-,30-,31-,32+,34+,35-,36-,37?/m1/s1. The van der Waals surface area contributed by atoms with Crippen LogP contribution in [-0.2, 0) is 42.8 Å². The maximum absolute atomic E-state index is 13.7. The van der Waals surface area contributed by atoms with Crippen molar-refractivity contribution in [2.75, 3.05) is 33.9 Å². The van der Waals surface area contributed by atoms with E-state index in [-0.39, 0.29) is 25.0 Å². The van der Waals surface area contributed by atoms with Crippen LogP contribution < -0.4 is 0 Å². The predicted octanol–water partition coefficient (Wildman–Crippen LogP) is 2.58. The van der Waals surface area contributed by atoms with Crippen molar-refractivity contribution < 1.29 is 58.1 Å². The Balaban J connectivity index is 2.37. The van der Waals surface area contributed by atoms with Gasteiger partial charge in [0.05, 0.1) is 49.6 Å². The summed E-state index contributed by atoms with van der Waals surface area (Å²) in [7, 11) is 3.77. The number of aliphatic hydroxyl groups excluding tert-OH is 1. The van der Waals surface area contributed by atoms with Gasteiger partial charge in [-0.15, -0.1) is 0 Å². The summed E-state index contributed by atoms with van der Waals surface area (Å²) in [6.07, 6.45) is -2.79. The van der Waals surface area contributed by atoms with Gasteiger partial charge in [0.2, 0.25) is 5.91 Å². The van der Waals surface area contributed by atoms with E-state index in [1.165, 1.54) is 20.8 Å². The van der Waals surface area contributed by atoms with Gasteiger partial charge in [-0.2, -0.15) is 0 Å². The second-order valence-electron chi connectivity index (χ2n) is 15.6. The fraction of sp³-hybridized carbons (Fsp3) is 0.838. The van der Waals surface area contributed by atoms with E-state index in [0.717, 1.165) is 0 Å². The number of cyclic esters (lactones) is 1. The number of aliphatic imine (C=N–C) groups is 1. The van der Waals surface area contributed by atoms with Crippen LogP contribution in [0.25, 0.3) is 0 Å². The Morgan fingerprint density at radius 1 is 1.10 bits per heavy atom. The molecule has 2 unspecified atom stereocenters. The average Bonchev–Trinajstić information content (AvgIpc) is 3.04. The second kappa shape index (κ2) is 17.2. The Morgan fingerprint density at radius 2 is 1.75 bits per heavy atom. The average molecular weight is 727 g/mol. The zero-order valence-electron chi connectivity index (χ0n) is 32.5. The van der Waals surface area contributed by atoms with E-state index in [2.05, 4.69) is 4.99 Å². The van der Waals surface area contributed by atoms with Crippen LogP contribution in [0.4, 0.5) is 0 Å². The van der Waals surface area contributed by atoms with Gasteiger partial charge in [0, 0.05) is 25.5 Å². The molecule has 2 saturated heterocycles. The fourth-order valence-corrected chi connectivity index (χ4v) is 7.87. The van der Waals surface area contributed by atoms with Crippen LogP contribution in [0.5, 0.6) is 0 Å². The lowest BCUT2D eigenvalue weighted by atomic mass is 9.75. The number of ether oxygens (including phenoxy) is 6. The summed E-state index contributed by atoms with van der Waals surface area (Å²) in [6, 6.07) is -0.262. The van der Waals surface area contributed by atoms with E-state index in [9.17, 15) is 29.7 Å². The van der Waals surface area contributed by atoms with Crippen LogP contribution in [0.1, 0.15) is 88.5 Å². The first-order valence-corrected chi connectivity index (χ1v) is 18.0. The number of esters is 2. The van der Waals surface area contributed by atoms with Crippen molar-refractivity contribution in [3.63, 3.8) is 0 Å². The van der Waals surface area contributed by atoms with Gasteiger partial charge >= 0.3 is 11.9 Å². The molecule has 2 bridgehead atoms. The van der Waals surface area contributed by atoms with Crippen molar-refractivity contribution in [1.82, 2.24) is 4.90 Å². The topological polar surface area (TPSA) is 183 Å². The van der Waals surface area contributed by atoms with Crippen LogP contribution >= 0.6 is 0 Å². The molecule has 3 N–H and O–H groups in total. The van der Waals surface area contributed by atoms with E-state index in [1.807, 2.05) is 32.8 Å². The molecule has 0 aliphatic carbocycles. The summed E-state index contributed by atoms with van der Waals surface area (Å²) in [4.78, 5) is 45.1. The molecule has 3 rings (SSSR count). The SMILES string of the molecule is CC[C@H]1OC(=O)C(C)/C=C(/C)[C@@H](O[C@@H]2O[C@H](C)C[C@H](N(C)C)[C@H]2OC(C)=O)[C@@]2(C)C[C@@H](C)C(=NC(C)=O)[C@H](C)[C@H](OCC(O)(CO)CO2)[C@]1(C)O. The summed E-state index contributed by atoms with van der Waals surface area (Å²) in [5.41, 5.74) is -4.18. The highest BCUT2D eigenvalue weighted by molar-refractivity contribution is 5.97. The summed E-state index contributed by atoms with van der Waals surface area (Å²) in [6.45, 7) is 15.1. The quantitative estimate of drug-likeness (QED) is 0.269. The lowest BCUT2D eigenvalue weighted by Gasteiger charge is -2.47. The molecule has 0 saturated carbocycles. The molecule has 292 valence electrons. The second-order valence-corrected chi connectivity index (χ2v) is 15.6. The number of aliphatic hydroxyl groups is 3. The van der Waals surface area contributed by atoms with E-state index in [1.54, 1.807) is 40.7 Å². The molecule has 2 fully saturated rings. The molecule has 14 nitrogen and oxygen atoms in total. The number of amides is 1. The number of hydrogen-bond donors (Lipinski definition) is 3. The minimum absolute atomic E-state index is 0.156. The first-order chi connectivity index (χ1) is 23.6. The smallest absolute Gasteiger partial charge is 0.312 e. The molecule has 0 aromatic rings. The number of rotatable bonds is 6. The van der Waals surface area contributed by atoms with Crippen LogP contribution in [0.15, 0.2) is 16.6 Å². The Hall–Kier alpha value is -2.30. The monoisotopic (exact) mass is 726 g/mol. The third kappa shape index (κ3) is 10.2. The lowest BCUT2D eigenvalue weighted by Crippen LogP contribution is -2.59. The molecule has 13 atom stereocenters. The zero-order valence-corrected chi connectivity index (χ0v) is 32.5. The fourth-order valence-electron chi connectivity index (χ4n) is 7.87. The van der Waals surface area contributed by atoms with Gasteiger partial charge in [-0.1, -0.05) is 26.8 Å². The summed E-state index contributed by atoms with van der Waals surface area (Å²) in [5, 5.41) is 34.3. The number of hydrogen-bond acceptors (Lipinski definition) is 13. The first kappa shape index (κ1) is 43.1. The normalized spacial score (nSPS) is 43.6. The van der Waals surface area contributed by atoms with E-state index < -0.39 is 103 Å². The van der Waals surface area contributed by atoms with Crippen LogP contribution in [0.3, 0.4) is 0 Å².